The maximum atomic E-state index is 12.5. The summed E-state index contributed by atoms with van der Waals surface area (Å²) in [6.45, 7) is 1.67. The monoisotopic (exact) mass is 324 g/mol. The van der Waals surface area contributed by atoms with Crippen molar-refractivity contribution in [2.75, 3.05) is 7.11 Å². The Morgan fingerprint density at radius 3 is 2.48 bits per heavy atom. The zero-order valence-electron chi connectivity index (χ0n) is 11.6. The molecule has 2 aromatic rings. The standard InChI is InChI=1S/C16H14Cl2O3/c1-10(21-13-5-3-4-11(17)8-13)16(19)14-9-12(18)6-7-15(14)20-2/h3-10H,1-2H3. The predicted octanol–water partition coefficient (Wildman–Crippen LogP) is 4.65. The van der Waals surface area contributed by atoms with E-state index in [2.05, 4.69) is 0 Å². The number of rotatable bonds is 5. The number of ketones is 1. The summed E-state index contributed by atoms with van der Waals surface area (Å²) in [5, 5.41) is 1.02. The second-order valence-electron chi connectivity index (χ2n) is 4.43. The van der Waals surface area contributed by atoms with Gasteiger partial charge in [0.1, 0.15) is 11.5 Å². The van der Waals surface area contributed by atoms with Crippen LogP contribution in [0.2, 0.25) is 10.0 Å². The van der Waals surface area contributed by atoms with E-state index < -0.39 is 6.10 Å². The van der Waals surface area contributed by atoms with E-state index in [1.54, 1.807) is 49.4 Å². The van der Waals surface area contributed by atoms with Crippen LogP contribution in [0.1, 0.15) is 17.3 Å². The first-order chi connectivity index (χ1) is 10.0. The Hall–Kier alpha value is -1.71. The lowest BCUT2D eigenvalue weighted by Gasteiger charge is -2.15. The second kappa shape index (κ2) is 6.83. The molecule has 0 fully saturated rings. The minimum atomic E-state index is -0.684. The van der Waals surface area contributed by atoms with Crippen LogP contribution >= 0.6 is 23.2 Å². The second-order valence-corrected chi connectivity index (χ2v) is 5.30. The molecule has 0 saturated heterocycles. The van der Waals surface area contributed by atoms with Crippen molar-refractivity contribution in [3.63, 3.8) is 0 Å². The lowest BCUT2D eigenvalue weighted by atomic mass is 10.1. The first kappa shape index (κ1) is 15.7. The van der Waals surface area contributed by atoms with Gasteiger partial charge in [-0.1, -0.05) is 29.3 Å². The summed E-state index contributed by atoms with van der Waals surface area (Å²) in [6, 6.07) is 11.8. The molecule has 1 unspecified atom stereocenters. The van der Waals surface area contributed by atoms with Gasteiger partial charge in [0, 0.05) is 10.0 Å². The van der Waals surface area contributed by atoms with Gasteiger partial charge in [0.15, 0.2) is 6.10 Å². The molecule has 0 aliphatic heterocycles. The van der Waals surface area contributed by atoms with Gasteiger partial charge in [-0.25, -0.2) is 0 Å². The van der Waals surface area contributed by atoms with Crippen LogP contribution < -0.4 is 9.47 Å². The molecule has 0 heterocycles. The molecule has 0 bridgehead atoms. The molecule has 0 spiro atoms. The Morgan fingerprint density at radius 2 is 1.81 bits per heavy atom. The Morgan fingerprint density at radius 1 is 1.10 bits per heavy atom. The number of carbonyl (C=O) groups excluding carboxylic acids is 1. The summed E-state index contributed by atoms with van der Waals surface area (Å²) in [4.78, 5) is 12.5. The van der Waals surface area contributed by atoms with E-state index in [4.69, 9.17) is 32.7 Å². The fraction of sp³-hybridized carbons (Fsp3) is 0.188. The van der Waals surface area contributed by atoms with Crippen molar-refractivity contribution in [1.82, 2.24) is 0 Å². The molecular weight excluding hydrogens is 311 g/mol. The van der Waals surface area contributed by atoms with Crippen molar-refractivity contribution in [2.24, 2.45) is 0 Å². The van der Waals surface area contributed by atoms with Gasteiger partial charge in [0.25, 0.3) is 0 Å². The normalized spacial score (nSPS) is 11.8. The van der Waals surface area contributed by atoms with Gasteiger partial charge < -0.3 is 9.47 Å². The van der Waals surface area contributed by atoms with Crippen LogP contribution in [0.25, 0.3) is 0 Å². The van der Waals surface area contributed by atoms with E-state index in [1.165, 1.54) is 7.11 Å². The third kappa shape index (κ3) is 3.90. The maximum Gasteiger partial charge on any atom is 0.206 e. The molecule has 5 heteroatoms. The van der Waals surface area contributed by atoms with Gasteiger partial charge in [-0.05, 0) is 43.3 Å². The summed E-state index contributed by atoms with van der Waals surface area (Å²) in [5.41, 5.74) is 0.388. The minimum absolute atomic E-state index is 0.214. The highest BCUT2D eigenvalue weighted by Crippen LogP contribution is 2.25. The van der Waals surface area contributed by atoms with Gasteiger partial charge in [-0.3, -0.25) is 4.79 Å². The molecule has 0 saturated carbocycles. The van der Waals surface area contributed by atoms with Crippen molar-refractivity contribution in [3.8, 4) is 11.5 Å². The van der Waals surface area contributed by atoms with Crippen LogP contribution in [0.3, 0.4) is 0 Å². The number of ether oxygens (including phenoxy) is 2. The zero-order chi connectivity index (χ0) is 15.4. The Kier molecular flexibility index (Phi) is 5.10. The molecule has 0 radical (unpaired) electrons. The molecule has 3 nitrogen and oxygen atoms in total. The average molecular weight is 325 g/mol. The molecule has 0 aliphatic rings. The van der Waals surface area contributed by atoms with Crippen molar-refractivity contribution < 1.29 is 14.3 Å². The van der Waals surface area contributed by atoms with Crippen LogP contribution in [-0.2, 0) is 0 Å². The van der Waals surface area contributed by atoms with Crippen molar-refractivity contribution in [3.05, 3.63) is 58.1 Å². The highest BCUT2D eigenvalue weighted by Gasteiger charge is 2.21. The van der Waals surface area contributed by atoms with E-state index in [0.717, 1.165) is 0 Å². The van der Waals surface area contributed by atoms with Crippen LogP contribution in [0.15, 0.2) is 42.5 Å². The fourth-order valence-corrected chi connectivity index (χ4v) is 2.24. The van der Waals surface area contributed by atoms with E-state index >= 15 is 0 Å². The molecule has 110 valence electrons. The smallest absolute Gasteiger partial charge is 0.206 e. The quantitative estimate of drug-likeness (QED) is 0.751. The summed E-state index contributed by atoms with van der Waals surface area (Å²) >= 11 is 11.8. The number of halogens is 2. The lowest BCUT2D eigenvalue weighted by Crippen LogP contribution is -2.24. The molecule has 21 heavy (non-hydrogen) atoms. The minimum Gasteiger partial charge on any atom is -0.496 e. The van der Waals surface area contributed by atoms with E-state index in [1.807, 2.05) is 0 Å². The van der Waals surface area contributed by atoms with Crippen molar-refractivity contribution in [2.45, 2.75) is 13.0 Å². The first-order valence-corrected chi connectivity index (χ1v) is 7.07. The maximum absolute atomic E-state index is 12.5. The molecule has 2 rings (SSSR count). The molecule has 1 atom stereocenters. The van der Waals surface area contributed by atoms with Crippen molar-refractivity contribution in [1.29, 1.82) is 0 Å². The Balaban J connectivity index is 2.21. The lowest BCUT2D eigenvalue weighted by molar-refractivity contribution is 0.0815. The van der Waals surface area contributed by atoms with Gasteiger partial charge in [0.05, 0.1) is 12.7 Å². The first-order valence-electron chi connectivity index (χ1n) is 6.31. The largest absolute Gasteiger partial charge is 0.496 e. The summed E-state index contributed by atoms with van der Waals surface area (Å²) in [7, 11) is 1.50. The number of hydrogen-bond acceptors (Lipinski definition) is 3. The highest BCUT2D eigenvalue weighted by atomic mass is 35.5. The number of Topliss-reactive ketones (excluding diaryl/α,β-unsaturated/α-hetero) is 1. The number of methoxy groups -OCH3 is 1. The summed E-state index contributed by atoms with van der Waals surface area (Å²) < 4.78 is 10.8. The van der Waals surface area contributed by atoms with Crippen LogP contribution in [0.4, 0.5) is 0 Å². The van der Waals surface area contributed by atoms with Crippen molar-refractivity contribution >= 4 is 29.0 Å². The highest BCUT2D eigenvalue weighted by molar-refractivity contribution is 6.31. The number of hydrogen-bond donors (Lipinski definition) is 0. The van der Waals surface area contributed by atoms with Gasteiger partial charge in [-0.2, -0.15) is 0 Å². The van der Waals surface area contributed by atoms with Gasteiger partial charge >= 0.3 is 0 Å². The van der Waals surface area contributed by atoms with E-state index in [-0.39, 0.29) is 5.78 Å². The van der Waals surface area contributed by atoms with Crippen LogP contribution in [-0.4, -0.2) is 19.0 Å². The third-order valence-corrected chi connectivity index (χ3v) is 3.38. The molecule has 0 N–H and O–H groups in total. The average Bonchev–Trinajstić information content (AvgIpc) is 2.46. The predicted molar refractivity (Wildman–Crippen MR) is 83.9 cm³/mol. The molecule has 0 aromatic heterocycles. The van der Waals surface area contributed by atoms with Crippen LogP contribution in [0, 0.1) is 0 Å². The van der Waals surface area contributed by atoms with Gasteiger partial charge in [-0.15, -0.1) is 0 Å². The van der Waals surface area contributed by atoms with E-state index in [0.29, 0.717) is 27.1 Å². The Bertz CT molecular complexity index is 656. The third-order valence-electron chi connectivity index (χ3n) is 2.91. The molecular formula is C16H14Cl2O3. The molecule has 2 aromatic carbocycles. The number of benzene rings is 2. The fourth-order valence-electron chi connectivity index (χ4n) is 1.89. The van der Waals surface area contributed by atoms with Crippen LogP contribution in [0.5, 0.6) is 11.5 Å². The zero-order valence-corrected chi connectivity index (χ0v) is 13.1. The summed E-state index contributed by atoms with van der Waals surface area (Å²) in [5.74, 6) is 0.782. The summed E-state index contributed by atoms with van der Waals surface area (Å²) in [6.07, 6.45) is -0.684. The molecule has 0 aliphatic carbocycles. The topological polar surface area (TPSA) is 35.5 Å². The SMILES string of the molecule is COc1ccc(Cl)cc1C(=O)C(C)Oc1cccc(Cl)c1. The number of carbonyl (C=O) groups is 1. The Labute approximate surface area is 133 Å². The van der Waals surface area contributed by atoms with Gasteiger partial charge in [0.2, 0.25) is 5.78 Å². The molecule has 0 amide bonds. The van der Waals surface area contributed by atoms with E-state index in [9.17, 15) is 4.79 Å².